The number of rotatable bonds is 6. The van der Waals surface area contributed by atoms with Crippen LogP contribution in [0.15, 0.2) is 27.6 Å². The van der Waals surface area contributed by atoms with Crippen molar-refractivity contribution in [2.75, 3.05) is 13.2 Å². The monoisotopic (exact) mass is 335 g/mol. The van der Waals surface area contributed by atoms with Crippen molar-refractivity contribution >= 4 is 26.0 Å². The zero-order valence-electron chi connectivity index (χ0n) is 10.7. The Balaban J connectivity index is 2.89. The number of nitrogens with one attached hydrogen (secondary N) is 1. The van der Waals surface area contributed by atoms with Gasteiger partial charge in [-0.2, -0.15) is 0 Å². The van der Waals surface area contributed by atoms with Gasteiger partial charge in [0.1, 0.15) is 0 Å². The van der Waals surface area contributed by atoms with Crippen LogP contribution in [-0.4, -0.2) is 27.7 Å². The lowest BCUT2D eigenvalue weighted by Crippen LogP contribution is -2.36. The molecule has 0 saturated heterocycles. The van der Waals surface area contributed by atoms with Crippen LogP contribution in [0.4, 0.5) is 0 Å². The van der Waals surface area contributed by atoms with Gasteiger partial charge in [-0.25, -0.2) is 13.1 Å². The number of halogens is 1. The van der Waals surface area contributed by atoms with Crippen LogP contribution in [0.25, 0.3) is 0 Å². The third-order valence-electron chi connectivity index (χ3n) is 2.37. The first kappa shape index (κ1) is 15.6. The molecule has 1 N–H and O–H groups in total. The standard InChI is InChI=1S/C12H18BrNO3S/c1-4-17-8-10(3)14-18(15,16)12-7-11(13)6-5-9(12)2/h5-7,10,14H,4,8H2,1-3H3. The maximum Gasteiger partial charge on any atom is 0.241 e. The highest BCUT2D eigenvalue weighted by Crippen LogP contribution is 2.20. The van der Waals surface area contributed by atoms with Crippen molar-refractivity contribution in [2.45, 2.75) is 31.7 Å². The topological polar surface area (TPSA) is 55.4 Å². The summed E-state index contributed by atoms with van der Waals surface area (Å²) in [7, 11) is -3.50. The molecule has 102 valence electrons. The number of hydrogen-bond donors (Lipinski definition) is 1. The second kappa shape index (κ2) is 6.65. The van der Waals surface area contributed by atoms with Crippen molar-refractivity contribution in [2.24, 2.45) is 0 Å². The molecule has 1 aromatic carbocycles. The van der Waals surface area contributed by atoms with Gasteiger partial charge in [-0.3, -0.25) is 0 Å². The quantitative estimate of drug-likeness (QED) is 0.868. The minimum absolute atomic E-state index is 0.256. The summed E-state index contributed by atoms with van der Waals surface area (Å²) >= 11 is 3.28. The first-order valence-corrected chi connectivity index (χ1v) is 8.00. The van der Waals surface area contributed by atoms with E-state index in [-0.39, 0.29) is 6.04 Å². The second-order valence-electron chi connectivity index (χ2n) is 4.09. The molecule has 0 fully saturated rings. The van der Waals surface area contributed by atoms with Gasteiger partial charge in [0.15, 0.2) is 0 Å². The first-order chi connectivity index (χ1) is 8.36. The highest BCUT2D eigenvalue weighted by atomic mass is 79.9. The lowest BCUT2D eigenvalue weighted by atomic mass is 10.2. The molecule has 1 atom stereocenters. The van der Waals surface area contributed by atoms with Crippen molar-refractivity contribution < 1.29 is 13.2 Å². The van der Waals surface area contributed by atoms with Crippen LogP contribution in [0.2, 0.25) is 0 Å². The number of sulfonamides is 1. The van der Waals surface area contributed by atoms with E-state index in [4.69, 9.17) is 4.74 Å². The smallest absolute Gasteiger partial charge is 0.241 e. The van der Waals surface area contributed by atoms with Gasteiger partial charge in [0, 0.05) is 17.1 Å². The molecular formula is C12H18BrNO3S. The molecule has 0 bridgehead atoms. The van der Waals surface area contributed by atoms with E-state index in [1.807, 2.05) is 13.0 Å². The molecule has 1 unspecified atom stereocenters. The highest BCUT2D eigenvalue weighted by molar-refractivity contribution is 9.10. The molecule has 0 aliphatic carbocycles. The van der Waals surface area contributed by atoms with E-state index >= 15 is 0 Å². The van der Waals surface area contributed by atoms with Crippen LogP contribution in [0.3, 0.4) is 0 Å². The van der Waals surface area contributed by atoms with Gasteiger partial charge in [0.2, 0.25) is 10.0 Å². The predicted molar refractivity (Wildman–Crippen MR) is 75.2 cm³/mol. The maximum atomic E-state index is 12.2. The molecule has 1 aromatic rings. The minimum Gasteiger partial charge on any atom is -0.380 e. The van der Waals surface area contributed by atoms with E-state index in [1.54, 1.807) is 26.0 Å². The van der Waals surface area contributed by atoms with Gasteiger partial charge in [-0.1, -0.05) is 22.0 Å². The van der Waals surface area contributed by atoms with Crippen molar-refractivity contribution in [1.82, 2.24) is 4.72 Å². The first-order valence-electron chi connectivity index (χ1n) is 5.73. The summed E-state index contributed by atoms with van der Waals surface area (Å²) in [5.41, 5.74) is 0.717. The molecule has 6 heteroatoms. The summed E-state index contributed by atoms with van der Waals surface area (Å²) in [4.78, 5) is 0.292. The van der Waals surface area contributed by atoms with Crippen molar-refractivity contribution in [3.63, 3.8) is 0 Å². The van der Waals surface area contributed by atoms with E-state index in [9.17, 15) is 8.42 Å². The van der Waals surface area contributed by atoms with Crippen LogP contribution in [0.5, 0.6) is 0 Å². The molecule has 0 heterocycles. The van der Waals surface area contributed by atoms with Crippen LogP contribution in [0, 0.1) is 6.92 Å². The molecule has 18 heavy (non-hydrogen) atoms. The second-order valence-corrected chi connectivity index (χ2v) is 6.69. The summed E-state index contributed by atoms with van der Waals surface area (Å²) in [6.45, 7) is 6.36. The third kappa shape index (κ3) is 4.35. The van der Waals surface area contributed by atoms with Crippen molar-refractivity contribution in [1.29, 1.82) is 0 Å². The molecule has 0 spiro atoms. The number of ether oxygens (including phenoxy) is 1. The average molecular weight is 336 g/mol. The summed E-state index contributed by atoms with van der Waals surface area (Å²) < 4.78 is 32.9. The molecule has 4 nitrogen and oxygen atoms in total. The summed E-state index contributed by atoms with van der Waals surface area (Å²) in [5.74, 6) is 0. The molecule has 1 rings (SSSR count). The van der Waals surface area contributed by atoms with Crippen LogP contribution < -0.4 is 4.72 Å². The average Bonchev–Trinajstić information content (AvgIpc) is 2.29. The van der Waals surface area contributed by atoms with E-state index in [2.05, 4.69) is 20.7 Å². The Kier molecular flexibility index (Phi) is 5.78. The fraction of sp³-hybridized carbons (Fsp3) is 0.500. The number of benzene rings is 1. The summed E-state index contributed by atoms with van der Waals surface area (Å²) in [5, 5.41) is 0. The van der Waals surface area contributed by atoms with Crippen molar-refractivity contribution in [3.8, 4) is 0 Å². The Bertz CT molecular complexity index is 502. The molecule has 0 saturated carbocycles. The van der Waals surface area contributed by atoms with Gasteiger partial charge in [0.05, 0.1) is 11.5 Å². The lowest BCUT2D eigenvalue weighted by Gasteiger charge is -2.15. The van der Waals surface area contributed by atoms with Crippen LogP contribution in [-0.2, 0) is 14.8 Å². The fourth-order valence-electron chi connectivity index (χ4n) is 1.52. The fourth-order valence-corrected chi connectivity index (χ4v) is 3.53. The zero-order chi connectivity index (χ0) is 13.8. The van der Waals surface area contributed by atoms with Gasteiger partial charge in [-0.15, -0.1) is 0 Å². The Labute approximate surface area is 117 Å². The lowest BCUT2D eigenvalue weighted by molar-refractivity contribution is 0.133. The highest BCUT2D eigenvalue weighted by Gasteiger charge is 2.19. The van der Waals surface area contributed by atoms with E-state index in [0.29, 0.717) is 23.7 Å². The Morgan fingerprint density at radius 2 is 2.11 bits per heavy atom. The molecule has 0 aromatic heterocycles. The Morgan fingerprint density at radius 3 is 2.72 bits per heavy atom. The maximum absolute atomic E-state index is 12.2. The summed E-state index contributed by atoms with van der Waals surface area (Å²) in [6.07, 6.45) is 0. The van der Waals surface area contributed by atoms with Gasteiger partial charge in [-0.05, 0) is 38.5 Å². The third-order valence-corrected chi connectivity index (χ3v) is 4.59. The van der Waals surface area contributed by atoms with Gasteiger partial charge >= 0.3 is 0 Å². The molecule has 0 amide bonds. The molecule has 0 aliphatic rings. The van der Waals surface area contributed by atoms with Crippen LogP contribution in [0.1, 0.15) is 19.4 Å². The predicted octanol–water partition coefficient (Wildman–Crippen LogP) is 2.46. The molecule has 0 aliphatic heterocycles. The van der Waals surface area contributed by atoms with Crippen LogP contribution >= 0.6 is 15.9 Å². The molecule has 0 radical (unpaired) electrons. The van der Waals surface area contributed by atoms with Crippen molar-refractivity contribution in [3.05, 3.63) is 28.2 Å². The molecular weight excluding hydrogens is 318 g/mol. The minimum atomic E-state index is -3.50. The zero-order valence-corrected chi connectivity index (χ0v) is 13.1. The van der Waals surface area contributed by atoms with Gasteiger partial charge < -0.3 is 4.74 Å². The SMILES string of the molecule is CCOCC(C)NS(=O)(=O)c1cc(Br)ccc1C. The number of aryl methyl sites for hydroxylation is 1. The number of hydrogen-bond acceptors (Lipinski definition) is 3. The van der Waals surface area contributed by atoms with E-state index < -0.39 is 10.0 Å². The Morgan fingerprint density at radius 1 is 1.44 bits per heavy atom. The summed E-state index contributed by atoms with van der Waals surface area (Å²) in [6, 6.07) is 4.93. The van der Waals surface area contributed by atoms with E-state index in [0.717, 1.165) is 4.47 Å². The van der Waals surface area contributed by atoms with Gasteiger partial charge in [0.25, 0.3) is 0 Å². The van der Waals surface area contributed by atoms with E-state index in [1.165, 1.54) is 0 Å². The largest absolute Gasteiger partial charge is 0.380 e. The normalized spacial score (nSPS) is 13.6. The Hall–Kier alpha value is -0.430.